The van der Waals surface area contributed by atoms with E-state index < -0.39 is 11.9 Å². The van der Waals surface area contributed by atoms with Crippen molar-refractivity contribution in [3.8, 4) is 0 Å². The molecule has 132 valence electrons. The van der Waals surface area contributed by atoms with Gasteiger partial charge >= 0.3 is 11.9 Å². The molecule has 25 heavy (non-hydrogen) atoms. The molecule has 0 bridgehead atoms. The largest absolute Gasteiger partial charge is 0.473 e. The predicted molar refractivity (Wildman–Crippen MR) is 99.3 cm³/mol. The summed E-state index contributed by atoms with van der Waals surface area (Å²) in [5.74, 6) is -3.65. The average molecular weight is 407 g/mol. The molecule has 1 aromatic heterocycles. The fourth-order valence-electron chi connectivity index (χ4n) is 1.85. The monoisotopic (exact) mass is 406 g/mol. The number of benzene rings is 1. The van der Waals surface area contributed by atoms with E-state index in [2.05, 4.69) is 70.3 Å². The van der Waals surface area contributed by atoms with Gasteiger partial charge in [0.25, 0.3) is 0 Å². The second kappa shape index (κ2) is 10.4. The average Bonchev–Trinajstić information content (AvgIpc) is 2.56. The lowest BCUT2D eigenvalue weighted by atomic mass is 9.99. The van der Waals surface area contributed by atoms with Gasteiger partial charge in [0, 0.05) is 29.0 Å². The fraction of sp³-hybridized carbons (Fsp3) is 0.167. The van der Waals surface area contributed by atoms with Gasteiger partial charge < -0.3 is 15.1 Å². The highest BCUT2D eigenvalue weighted by Crippen LogP contribution is 2.25. The molecule has 0 saturated heterocycles. The van der Waals surface area contributed by atoms with Gasteiger partial charge in [-0.2, -0.15) is 0 Å². The number of aliphatic carboxylic acids is 2. The molecular formula is C18H19BrN2O4. The minimum atomic E-state index is -1.82. The number of aromatic nitrogens is 1. The molecule has 0 saturated carbocycles. The van der Waals surface area contributed by atoms with Crippen LogP contribution in [0.25, 0.3) is 5.57 Å². The van der Waals surface area contributed by atoms with Crippen LogP contribution in [0.2, 0.25) is 0 Å². The molecule has 0 aliphatic carbocycles. The first kappa shape index (κ1) is 20.5. The van der Waals surface area contributed by atoms with Gasteiger partial charge in [-0.1, -0.05) is 40.2 Å². The maximum atomic E-state index is 9.10. The maximum absolute atomic E-state index is 9.10. The lowest BCUT2D eigenvalue weighted by Gasteiger charge is -2.11. The third kappa shape index (κ3) is 7.73. The van der Waals surface area contributed by atoms with Gasteiger partial charge in [0.05, 0.1) is 0 Å². The van der Waals surface area contributed by atoms with E-state index in [1.54, 1.807) is 6.20 Å². The Morgan fingerprint density at radius 1 is 1.12 bits per heavy atom. The molecule has 0 unspecified atom stereocenters. The van der Waals surface area contributed by atoms with Crippen LogP contribution in [0.5, 0.6) is 0 Å². The second-order valence-corrected chi connectivity index (χ2v) is 6.16. The Balaban J connectivity index is 0.000000450. The van der Waals surface area contributed by atoms with Crippen LogP contribution in [0.15, 0.2) is 59.3 Å². The van der Waals surface area contributed by atoms with E-state index in [0.29, 0.717) is 0 Å². The Bertz CT molecular complexity index is 734. The molecule has 2 N–H and O–H groups in total. The third-order valence-electron chi connectivity index (χ3n) is 2.95. The lowest BCUT2D eigenvalue weighted by molar-refractivity contribution is -0.159. The van der Waals surface area contributed by atoms with Crippen LogP contribution >= 0.6 is 15.9 Å². The summed E-state index contributed by atoms with van der Waals surface area (Å²) in [7, 11) is 4.14. The minimum Gasteiger partial charge on any atom is -0.473 e. The van der Waals surface area contributed by atoms with Gasteiger partial charge in [0.1, 0.15) is 0 Å². The summed E-state index contributed by atoms with van der Waals surface area (Å²) in [4.78, 5) is 24.6. The Labute approximate surface area is 154 Å². The normalized spacial score (nSPS) is 10.8. The first-order chi connectivity index (χ1) is 11.8. The Morgan fingerprint density at radius 2 is 1.76 bits per heavy atom. The van der Waals surface area contributed by atoms with Crippen molar-refractivity contribution in [2.75, 3.05) is 20.6 Å². The highest BCUT2D eigenvalue weighted by atomic mass is 79.9. The number of rotatable bonds is 4. The first-order valence-electron chi connectivity index (χ1n) is 7.28. The van der Waals surface area contributed by atoms with Crippen molar-refractivity contribution < 1.29 is 19.8 Å². The number of halogens is 1. The molecular weight excluding hydrogens is 388 g/mol. The second-order valence-electron chi connectivity index (χ2n) is 5.24. The Kier molecular flexibility index (Phi) is 8.52. The van der Waals surface area contributed by atoms with E-state index in [4.69, 9.17) is 19.8 Å². The van der Waals surface area contributed by atoms with Crippen molar-refractivity contribution in [2.24, 2.45) is 0 Å². The number of hydrogen-bond donors (Lipinski definition) is 2. The van der Waals surface area contributed by atoms with Crippen LogP contribution in [0.1, 0.15) is 11.1 Å². The summed E-state index contributed by atoms with van der Waals surface area (Å²) in [6, 6.07) is 12.4. The molecule has 0 radical (unpaired) electrons. The smallest absolute Gasteiger partial charge is 0.414 e. The summed E-state index contributed by atoms with van der Waals surface area (Å²) >= 11 is 3.53. The van der Waals surface area contributed by atoms with Crippen LogP contribution < -0.4 is 0 Å². The van der Waals surface area contributed by atoms with Crippen molar-refractivity contribution >= 4 is 33.4 Å². The molecule has 0 atom stereocenters. The summed E-state index contributed by atoms with van der Waals surface area (Å²) in [5.41, 5.74) is 3.55. The zero-order valence-electron chi connectivity index (χ0n) is 13.9. The molecule has 0 aliphatic rings. The molecule has 2 rings (SSSR count). The standard InChI is InChI=1S/C16H17BrN2.C2H2O4/c1-19(2)10-8-16(14-6-4-9-18-12-14)13-5-3-7-15(17)11-13;3-1(4)2(5)6/h3-9,11-12H,10H2,1-2H3;(H,3,4)(H,5,6)/b16-8-;. The molecule has 0 fully saturated rings. The van der Waals surface area contributed by atoms with E-state index in [0.717, 1.165) is 16.6 Å². The van der Waals surface area contributed by atoms with Crippen molar-refractivity contribution in [2.45, 2.75) is 0 Å². The molecule has 1 heterocycles. The molecule has 1 aromatic carbocycles. The number of carbonyl (C=O) groups is 2. The van der Waals surface area contributed by atoms with Gasteiger partial charge in [0.2, 0.25) is 0 Å². The summed E-state index contributed by atoms with van der Waals surface area (Å²) in [6.45, 7) is 0.900. The van der Waals surface area contributed by atoms with Crippen LogP contribution in [0.4, 0.5) is 0 Å². The number of hydrogen-bond acceptors (Lipinski definition) is 4. The van der Waals surface area contributed by atoms with Crippen LogP contribution in [0, 0.1) is 0 Å². The first-order valence-corrected chi connectivity index (χ1v) is 8.08. The van der Waals surface area contributed by atoms with E-state index in [-0.39, 0.29) is 0 Å². The van der Waals surface area contributed by atoms with Crippen molar-refractivity contribution in [1.82, 2.24) is 9.88 Å². The SMILES string of the molecule is CN(C)C/C=C(\c1cccnc1)c1cccc(Br)c1.O=C(O)C(=O)O. The van der Waals surface area contributed by atoms with Crippen molar-refractivity contribution in [3.63, 3.8) is 0 Å². The molecule has 0 spiro atoms. The van der Waals surface area contributed by atoms with Crippen molar-refractivity contribution in [1.29, 1.82) is 0 Å². The summed E-state index contributed by atoms with van der Waals surface area (Å²) in [5, 5.41) is 14.8. The van der Waals surface area contributed by atoms with E-state index in [1.807, 2.05) is 18.3 Å². The van der Waals surface area contributed by atoms with Crippen molar-refractivity contribution in [3.05, 3.63) is 70.5 Å². The zero-order valence-corrected chi connectivity index (χ0v) is 15.5. The van der Waals surface area contributed by atoms with E-state index in [9.17, 15) is 0 Å². The zero-order chi connectivity index (χ0) is 18.8. The van der Waals surface area contributed by atoms with Gasteiger partial charge in [0.15, 0.2) is 0 Å². The quantitative estimate of drug-likeness (QED) is 0.758. The van der Waals surface area contributed by atoms with Crippen LogP contribution in [-0.4, -0.2) is 52.7 Å². The van der Waals surface area contributed by atoms with Crippen LogP contribution in [-0.2, 0) is 9.59 Å². The van der Waals surface area contributed by atoms with Gasteiger partial charge in [-0.05, 0) is 43.4 Å². The van der Waals surface area contributed by atoms with Crippen LogP contribution in [0.3, 0.4) is 0 Å². The molecule has 0 aliphatic heterocycles. The highest BCUT2D eigenvalue weighted by molar-refractivity contribution is 9.10. The lowest BCUT2D eigenvalue weighted by Crippen LogP contribution is -2.11. The number of likely N-dealkylation sites (N-methyl/N-ethyl adjacent to an activating group) is 1. The Hall–Kier alpha value is -2.51. The van der Waals surface area contributed by atoms with E-state index >= 15 is 0 Å². The maximum Gasteiger partial charge on any atom is 0.414 e. The van der Waals surface area contributed by atoms with E-state index in [1.165, 1.54) is 11.1 Å². The Morgan fingerprint density at radius 3 is 2.24 bits per heavy atom. The fourth-order valence-corrected chi connectivity index (χ4v) is 2.25. The minimum absolute atomic E-state index is 0.900. The summed E-state index contributed by atoms with van der Waals surface area (Å²) < 4.78 is 1.09. The number of carboxylic acid groups (broad SMARTS) is 2. The molecule has 2 aromatic rings. The number of nitrogens with zero attached hydrogens (tertiary/aromatic N) is 2. The number of pyridine rings is 1. The van der Waals surface area contributed by atoms with Gasteiger partial charge in [-0.15, -0.1) is 0 Å². The third-order valence-corrected chi connectivity index (χ3v) is 3.44. The van der Waals surface area contributed by atoms with Gasteiger partial charge in [-0.25, -0.2) is 9.59 Å². The highest BCUT2D eigenvalue weighted by Gasteiger charge is 2.06. The molecule has 0 amide bonds. The summed E-state index contributed by atoms with van der Waals surface area (Å²) in [6.07, 6.45) is 5.94. The molecule has 6 nitrogen and oxygen atoms in total. The number of carboxylic acids is 2. The predicted octanol–water partition coefficient (Wildman–Crippen LogP) is 2.99. The molecule has 7 heteroatoms. The van der Waals surface area contributed by atoms with Gasteiger partial charge in [-0.3, -0.25) is 4.98 Å². The topological polar surface area (TPSA) is 90.7 Å².